The summed E-state index contributed by atoms with van der Waals surface area (Å²) in [4.78, 5) is 38.9. The van der Waals surface area contributed by atoms with Crippen LogP contribution >= 0.6 is 11.8 Å². The lowest BCUT2D eigenvalue weighted by molar-refractivity contribution is -0.387. The van der Waals surface area contributed by atoms with Gasteiger partial charge in [0, 0.05) is 23.4 Å². The zero-order chi connectivity index (χ0) is 19.4. The van der Waals surface area contributed by atoms with Crippen molar-refractivity contribution in [2.45, 2.75) is 9.92 Å². The Bertz CT molecular complexity index is 1040. The van der Waals surface area contributed by atoms with Gasteiger partial charge in [-0.1, -0.05) is 42.1 Å². The molecule has 3 aromatic rings. The molecule has 0 fully saturated rings. The molecular formula is C19H12N2O5S. The number of nitro groups is 1. The first-order chi connectivity index (χ1) is 13.0. The Balaban J connectivity index is 2.00. The molecule has 0 aliphatic rings. The molecule has 0 saturated heterocycles. The number of hydrogen-bond acceptors (Lipinski definition) is 6. The summed E-state index contributed by atoms with van der Waals surface area (Å²) in [5.74, 6) is -1.51. The van der Waals surface area contributed by atoms with Crippen LogP contribution in [0.25, 0.3) is 0 Å². The highest BCUT2D eigenvalue weighted by molar-refractivity contribution is 7.99. The molecule has 0 atom stereocenters. The zero-order valence-electron chi connectivity index (χ0n) is 13.7. The van der Waals surface area contributed by atoms with Crippen molar-refractivity contribution in [3.05, 3.63) is 93.7 Å². The maximum atomic E-state index is 12.5. The molecule has 0 aliphatic heterocycles. The van der Waals surface area contributed by atoms with Crippen LogP contribution in [0.5, 0.6) is 0 Å². The second-order valence-corrected chi connectivity index (χ2v) is 6.43. The van der Waals surface area contributed by atoms with Crippen molar-refractivity contribution in [1.82, 2.24) is 4.98 Å². The van der Waals surface area contributed by atoms with Gasteiger partial charge >= 0.3 is 5.97 Å². The molecule has 27 heavy (non-hydrogen) atoms. The molecule has 0 aliphatic carbocycles. The smallest absolute Gasteiger partial charge is 0.338 e. The molecule has 0 amide bonds. The van der Waals surface area contributed by atoms with E-state index in [1.54, 1.807) is 30.3 Å². The van der Waals surface area contributed by atoms with Crippen molar-refractivity contribution in [3.63, 3.8) is 0 Å². The largest absolute Gasteiger partial charge is 0.478 e. The fraction of sp³-hybridized carbons (Fsp3) is 0. The highest BCUT2D eigenvalue weighted by Crippen LogP contribution is 2.36. The normalized spacial score (nSPS) is 10.4. The Labute approximate surface area is 157 Å². The number of benzene rings is 2. The van der Waals surface area contributed by atoms with Crippen molar-refractivity contribution >= 4 is 29.2 Å². The number of pyridine rings is 1. The van der Waals surface area contributed by atoms with Crippen molar-refractivity contribution < 1.29 is 19.6 Å². The summed E-state index contributed by atoms with van der Waals surface area (Å²) >= 11 is 0.869. The molecule has 1 N–H and O–H groups in total. The van der Waals surface area contributed by atoms with Gasteiger partial charge in [0.2, 0.25) is 0 Å². The minimum absolute atomic E-state index is 0.0544. The van der Waals surface area contributed by atoms with Gasteiger partial charge in [-0.2, -0.15) is 0 Å². The number of aromatic carboxylic acids is 1. The maximum absolute atomic E-state index is 12.5. The van der Waals surface area contributed by atoms with Gasteiger partial charge in [-0.25, -0.2) is 9.78 Å². The summed E-state index contributed by atoms with van der Waals surface area (Å²) in [5, 5.41) is 20.9. The van der Waals surface area contributed by atoms with Gasteiger partial charge in [-0.3, -0.25) is 14.9 Å². The highest BCUT2D eigenvalue weighted by atomic mass is 32.2. The number of nitrogens with zero attached hydrogens (tertiary/aromatic N) is 2. The second kappa shape index (κ2) is 7.79. The quantitative estimate of drug-likeness (QED) is 0.390. The van der Waals surface area contributed by atoms with E-state index >= 15 is 0 Å². The lowest BCUT2D eigenvalue weighted by Gasteiger charge is -2.07. The minimum atomic E-state index is -1.18. The van der Waals surface area contributed by atoms with E-state index in [4.69, 9.17) is 0 Å². The van der Waals surface area contributed by atoms with Gasteiger partial charge in [0.15, 0.2) is 5.78 Å². The highest BCUT2D eigenvalue weighted by Gasteiger charge is 2.21. The molecule has 7 nitrogen and oxygen atoms in total. The summed E-state index contributed by atoms with van der Waals surface area (Å²) < 4.78 is 0. The fourth-order valence-corrected chi connectivity index (χ4v) is 3.34. The molecule has 1 heterocycles. The number of aromatic nitrogens is 1. The summed E-state index contributed by atoms with van der Waals surface area (Å²) in [5.41, 5.74) is 0.256. The first kappa shape index (κ1) is 18.3. The average molecular weight is 380 g/mol. The second-order valence-electron chi connectivity index (χ2n) is 5.40. The lowest BCUT2D eigenvalue weighted by atomic mass is 10.0. The number of carboxylic acids is 1. The predicted octanol–water partition coefficient (Wildman–Crippen LogP) is 4.07. The van der Waals surface area contributed by atoms with Gasteiger partial charge in [0.1, 0.15) is 5.03 Å². The van der Waals surface area contributed by atoms with Crippen molar-refractivity contribution in [1.29, 1.82) is 0 Å². The van der Waals surface area contributed by atoms with E-state index in [1.165, 1.54) is 36.5 Å². The number of nitro benzene ring substituents is 1. The van der Waals surface area contributed by atoms with Crippen LogP contribution in [0.2, 0.25) is 0 Å². The standard InChI is InChI=1S/C19H12N2O5S/c22-17(12-5-2-1-3-6-12)13-8-9-16(15(11-13)21(25)26)27-18-14(19(23)24)7-4-10-20-18/h1-11H,(H,23,24). The molecule has 134 valence electrons. The topological polar surface area (TPSA) is 110 Å². The Kier molecular flexibility index (Phi) is 5.28. The van der Waals surface area contributed by atoms with Crippen LogP contribution < -0.4 is 0 Å². The summed E-state index contributed by atoms with van der Waals surface area (Å²) in [6, 6.07) is 15.4. The van der Waals surface area contributed by atoms with E-state index in [9.17, 15) is 24.8 Å². The van der Waals surface area contributed by atoms with E-state index in [2.05, 4.69) is 4.98 Å². The number of carboxylic acid groups (broad SMARTS) is 1. The van der Waals surface area contributed by atoms with Crippen LogP contribution in [0, 0.1) is 10.1 Å². The van der Waals surface area contributed by atoms with E-state index < -0.39 is 10.9 Å². The monoisotopic (exact) mass is 380 g/mol. The molecule has 1 aromatic heterocycles. The lowest BCUT2D eigenvalue weighted by Crippen LogP contribution is -2.03. The van der Waals surface area contributed by atoms with Crippen LogP contribution in [0.4, 0.5) is 5.69 Å². The number of rotatable bonds is 6. The Morgan fingerprint density at radius 1 is 1.00 bits per heavy atom. The van der Waals surface area contributed by atoms with Crippen LogP contribution in [0.3, 0.4) is 0 Å². The molecular weight excluding hydrogens is 368 g/mol. The minimum Gasteiger partial charge on any atom is -0.478 e. The summed E-state index contributed by atoms with van der Waals surface area (Å²) in [6.07, 6.45) is 1.41. The molecule has 0 radical (unpaired) electrons. The first-order valence-electron chi connectivity index (χ1n) is 7.71. The Hall–Kier alpha value is -3.52. The number of ketones is 1. The molecule has 0 saturated carbocycles. The van der Waals surface area contributed by atoms with Gasteiger partial charge < -0.3 is 5.11 Å². The van der Waals surface area contributed by atoms with Crippen LogP contribution in [-0.2, 0) is 0 Å². The van der Waals surface area contributed by atoms with Gasteiger partial charge in [0.25, 0.3) is 5.69 Å². The number of carbonyl (C=O) groups excluding carboxylic acids is 1. The van der Waals surface area contributed by atoms with E-state index in [-0.39, 0.29) is 32.5 Å². The summed E-state index contributed by atoms with van der Waals surface area (Å²) in [7, 11) is 0. The number of hydrogen-bond donors (Lipinski definition) is 1. The number of carbonyl (C=O) groups is 2. The third-order valence-corrected chi connectivity index (χ3v) is 4.75. The van der Waals surface area contributed by atoms with Crippen molar-refractivity contribution in [3.8, 4) is 0 Å². The molecule has 2 aromatic carbocycles. The van der Waals surface area contributed by atoms with Crippen LogP contribution in [0.15, 0.2) is 76.8 Å². The molecule has 0 unspecified atom stereocenters. The third-order valence-electron chi connectivity index (χ3n) is 3.66. The average Bonchev–Trinajstić information content (AvgIpc) is 2.68. The Morgan fingerprint density at radius 2 is 1.74 bits per heavy atom. The SMILES string of the molecule is O=C(c1ccccc1)c1ccc(Sc2ncccc2C(=O)O)c([N+](=O)[O-])c1. The van der Waals surface area contributed by atoms with Gasteiger partial charge in [0.05, 0.1) is 15.4 Å². The third kappa shape index (κ3) is 4.01. The predicted molar refractivity (Wildman–Crippen MR) is 98.3 cm³/mol. The molecule has 0 bridgehead atoms. The molecule has 0 spiro atoms. The fourth-order valence-electron chi connectivity index (χ4n) is 2.38. The van der Waals surface area contributed by atoms with Gasteiger partial charge in [-0.05, 0) is 24.3 Å². The summed E-state index contributed by atoms with van der Waals surface area (Å²) in [6.45, 7) is 0. The van der Waals surface area contributed by atoms with E-state index in [0.717, 1.165) is 11.8 Å². The van der Waals surface area contributed by atoms with Crippen molar-refractivity contribution in [2.24, 2.45) is 0 Å². The van der Waals surface area contributed by atoms with Crippen LogP contribution in [0.1, 0.15) is 26.3 Å². The van der Waals surface area contributed by atoms with E-state index in [0.29, 0.717) is 5.56 Å². The molecule has 3 rings (SSSR count). The van der Waals surface area contributed by atoms with E-state index in [1.807, 2.05) is 0 Å². The van der Waals surface area contributed by atoms with Gasteiger partial charge in [-0.15, -0.1) is 0 Å². The zero-order valence-corrected chi connectivity index (χ0v) is 14.6. The van der Waals surface area contributed by atoms with Crippen LogP contribution in [-0.4, -0.2) is 26.8 Å². The van der Waals surface area contributed by atoms with Crippen molar-refractivity contribution in [2.75, 3.05) is 0 Å². The Morgan fingerprint density at radius 3 is 2.41 bits per heavy atom. The first-order valence-corrected chi connectivity index (χ1v) is 8.53. The molecule has 8 heteroatoms. The maximum Gasteiger partial charge on any atom is 0.338 e.